The minimum Gasteiger partial charge on any atom is -0.494 e. The first kappa shape index (κ1) is 19.7. The number of benzene rings is 2. The molecule has 0 saturated carbocycles. The quantitative estimate of drug-likeness (QED) is 0.645. The highest BCUT2D eigenvalue weighted by molar-refractivity contribution is 9.10. The maximum atomic E-state index is 6.09. The van der Waals surface area contributed by atoms with Gasteiger partial charge in [0.05, 0.1) is 19.3 Å². The molecule has 2 aromatic carbocycles. The zero-order valence-electron chi connectivity index (χ0n) is 16.6. The lowest BCUT2D eigenvalue weighted by Crippen LogP contribution is -2.46. The molecule has 5 heteroatoms. The van der Waals surface area contributed by atoms with E-state index < -0.39 is 0 Å². The van der Waals surface area contributed by atoms with E-state index in [-0.39, 0.29) is 6.10 Å². The van der Waals surface area contributed by atoms with Crippen LogP contribution in [0.5, 0.6) is 5.75 Å². The van der Waals surface area contributed by atoms with E-state index in [4.69, 9.17) is 9.47 Å². The van der Waals surface area contributed by atoms with Crippen LogP contribution in [0.3, 0.4) is 0 Å². The standard InChI is InChI=1S/C23H29BrN2O2/c1-2-27-21-6-4-20(5-7-21)26-14-12-25(13-15-26)11-9-23-22-8-3-19(24)17-18(22)10-16-28-23/h3-8,17,23H,2,9-16H2,1H3/t23-/m1/s1. The van der Waals surface area contributed by atoms with Gasteiger partial charge in [0.1, 0.15) is 5.75 Å². The Hall–Kier alpha value is -1.56. The maximum absolute atomic E-state index is 6.09. The van der Waals surface area contributed by atoms with Gasteiger partial charge in [-0.05, 0) is 67.3 Å². The molecule has 2 heterocycles. The highest BCUT2D eigenvalue weighted by Gasteiger charge is 2.23. The van der Waals surface area contributed by atoms with Gasteiger partial charge in [-0.1, -0.05) is 22.0 Å². The number of halogens is 1. The van der Waals surface area contributed by atoms with Gasteiger partial charge in [-0.2, -0.15) is 0 Å². The molecule has 0 spiro atoms. The van der Waals surface area contributed by atoms with E-state index in [0.29, 0.717) is 6.61 Å². The molecule has 0 N–H and O–H groups in total. The Kier molecular flexibility index (Phi) is 6.55. The largest absolute Gasteiger partial charge is 0.494 e. The zero-order valence-corrected chi connectivity index (χ0v) is 18.2. The van der Waals surface area contributed by atoms with E-state index in [0.717, 1.165) is 62.4 Å². The van der Waals surface area contributed by atoms with Crippen LogP contribution in [0.1, 0.15) is 30.6 Å². The van der Waals surface area contributed by atoms with Crippen molar-refractivity contribution >= 4 is 21.6 Å². The van der Waals surface area contributed by atoms with Gasteiger partial charge in [-0.25, -0.2) is 0 Å². The van der Waals surface area contributed by atoms with Crippen molar-refractivity contribution in [1.82, 2.24) is 4.90 Å². The summed E-state index contributed by atoms with van der Waals surface area (Å²) in [7, 11) is 0. The summed E-state index contributed by atoms with van der Waals surface area (Å²) in [6, 6.07) is 15.1. The predicted octanol–water partition coefficient (Wildman–Crippen LogP) is 4.67. The van der Waals surface area contributed by atoms with E-state index in [2.05, 4.69) is 68.2 Å². The van der Waals surface area contributed by atoms with E-state index in [1.54, 1.807) is 0 Å². The summed E-state index contributed by atoms with van der Waals surface area (Å²) in [6.07, 6.45) is 2.32. The topological polar surface area (TPSA) is 24.9 Å². The molecule has 2 aliphatic heterocycles. The van der Waals surface area contributed by atoms with Crippen molar-refractivity contribution in [3.8, 4) is 5.75 Å². The Bertz CT molecular complexity index is 773. The van der Waals surface area contributed by atoms with Gasteiger partial charge < -0.3 is 14.4 Å². The van der Waals surface area contributed by atoms with Crippen LogP contribution < -0.4 is 9.64 Å². The fraction of sp³-hybridized carbons (Fsp3) is 0.478. The second kappa shape index (κ2) is 9.29. The van der Waals surface area contributed by atoms with Gasteiger partial charge >= 0.3 is 0 Å². The zero-order chi connectivity index (χ0) is 19.3. The van der Waals surface area contributed by atoms with E-state index >= 15 is 0 Å². The molecule has 150 valence electrons. The molecule has 0 aromatic heterocycles. The highest BCUT2D eigenvalue weighted by Crippen LogP contribution is 2.32. The Labute approximate surface area is 176 Å². The van der Waals surface area contributed by atoms with Crippen LogP contribution in [-0.2, 0) is 11.2 Å². The minimum atomic E-state index is 0.237. The Morgan fingerprint density at radius 2 is 1.86 bits per heavy atom. The molecule has 1 fully saturated rings. The van der Waals surface area contributed by atoms with E-state index in [1.807, 2.05) is 6.92 Å². The Morgan fingerprint density at radius 3 is 2.61 bits per heavy atom. The fourth-order valence-electron chi connectivity index (χ4n) is 4.19. The number of fused-ring (bicyclic) bond motifs is 1. The molecule has 0 radical (unpaired) electrons. The molecule has 2 aromatic rings. The Morgan fingerprint density at radius 1 is 1.07 bits per heavy atom. The van der Waals surface area contributed by atoms with Gasteiger partial charge in [0.2, 0.25) is 0 Å². The third-order valence-electron chi connectivity index (χ3n) is 5.74. The summed E-state index contributed by atoms with van der Waals surface area (Å²) in [5.74, 6) is 0.949. The number of nitrogens with zero attached hydrogens (tertiary/aromatic N) is 2. The smallest absolute Gasteiger partial charge is 0.119 e. The van der Waals surface area contributed by atoms with Crippen LogP contribution in [-0.4, -0.2) is 50.8 Å². The summed E-state index contributed by atoms with van der Waals surface area (Å²) in [5.41, 5.74) is 4.10. The van der Waals surface area contributed by atoms with Crippen LogP contribution in [0.15, 0.2) is 46.9 Å². The summed E-state index contributed by atoms with van der Waals surface area (Å²) < 4.78 is 12.8. The maximum Gasteiger partial charge on any atom is 0.119 e. The van der Waals surface area contributed by atoms with Gasteiger partial charge in [-0.15, -0.1) is 0 Å². The number of hydrogen-bond donors (Lipinski definition) is 0. The molecule has 0 aliphatic carbocycles. The van der Waals surface area contributed by atoms with Crippen molar-refractivity contribution in [2.75, 3.05) is 50.8 Å². The second-order valence-electron chi connectivity index (χ2n) is 7.50. The average Bonchev–Trinajstić information content (AvgIpc) is 2.73. The third-order valence-corrected chi connectivity index (χ3v) is 6.23. The van der Waals surface area contributed by atoms with Crippen molar-refractivity contribution < 1.29 is 9.47 Å². The summed E-state index contributed by atoms with van der Waals surface area (Å²) in [5, 5.41) is 0. The molecule has 0 amide bonds. The first-order valence-corrected chi connectivity index (χ1v) is 11.1. The number of ether oxygens (including phenoxy) is 2. The monoisotopic (exact) mass is 444 g/mol. The van der Waals surface area contributed by atoms with Crippen LogP contribution in [0.25, 0.3) is 0 Å². The lowest BCUT2D eigenvalue weighted by Gasteiger charge is -2.37. The molecule has 4 nitrogen and oxygen atoms in total. The van der Waals surface area contributed by atoms with Gasteiger partial charge in [-0.3, -0.25) is 4.90 Å². The molecular formula is C23H29BrN2O2. The lowest BCUT2D eigenvalue weighted by atomic mass is 9.95. The lowest BCUT2D eigenvalue weighted by molar-refractivity contribution is 0.0289. The Balaban J connectivity index is 1.27. The second-order valence-corrected chi connectivity index (χ2v) is 8.41. The summed E-state index contributed by atoms with van der Waals surface area (Å²) >= 11 is 3.59. The van der Waals surface area contributed by atoms with Crippen molar-refractivity contribution in [2.24, 2.45) is 0 Å². The van der Waals surface area contributed by atoms with Crippen molar-refractivity contribution in [1.29, 1.82) is 0 Å². The predicted molar refractivity (Wildman–Crippen MR) is 117 cm³/mol. The van der Waals surface area contributed by atoms with Crippen LogP contribution >= 0.6 is 15.9 Å². The first-order valence-electron chi connectivity index (χ1n) is 10.3. The van der Waals surface area contributed by atoms with E-state index in [9.17, 15) is 0 Å². The van der Waals surface area contributed by atoms with Crippen LogP contribution in [0, 0.1) is 0 Å². The minimum absolute atomic E-state index is 0.237. The summed E-state index contributed by atoms with van der Waals surface area (Å²) in [4.78, 5) is 5.04. The number of hydrogen-bond acceptors (Lipinski definition) is 4. The SMILES string of the molecule is CCOc1ccc(N2CCN(CC[C@H]3OCCc4cc(Br)ccc43)CC2)cc1. The van der Waals surface area contributed by atoms with Crippen LogP contribution in [0.2, 0.25) is 0 Å². The highest BCUT2D eigenvalue weighted by atomic mass is 79.9. The molecule has 1 atom stereocenters. The van der Waals surface area contributed by atoms with Gasteiger partial charge in [0, 0.05) is 42.9 Å². The van der Waals surface area contributed by atoms with Crippen molar-refractivity contribution in [3.63, 3.8) is 0 Å². The normalized spacial score (nSPS) is 20.1. The van der Waals surface area contributed by atoms with Crippen molar-refractivity contribution in [3.05, 3.63) is 58.1 Å². The molecule has 28 heavy (non-hydrogen) atoms. The molecular weight excluding hydrogens is 416 g/mol. The molecule has 0 bridgehead atoms. The molecule has 4 rings (SSSR count). The molecule has 2 aliphatic rings. The van der Waals surface area contributed by atoms with E-state index in [1.165, 1.54) is 16.8 Å². The number of anilines is 1. The first-order chi connectivity index (χ1) is 13.7. The van der Waals surface area contributed by atoms with Gasteiger partial charge in [0.15, 0.2) is 0 Å². The molecule has 1 saturated heterocycles. The number of piperazine rings is 1. The van der Waals surface area contributed by atoms with Crippen LogP contribution in [0.4, 0.5) is 5.69 Å². The number of rotatable bonds is 6. The average molecular weight is 445 g/mol. The van der Waals surface area contributed by atoms with Gasteiger partial charge in [0.25, 0.3) is 0 Å². The van der Waals surface area contributed by atoms with Crippen molar-refractivity contribution in [2.45, 2.75) is 25.9 Å². The summed E-state index contributed by atoms with van der Waals surface area (Å²) in [6.45, 7) is 9.01. The fourth-order valence-corrected chi connectivity index (χ4v) is 4.60. The molecule has 0 unspecified atom stereocenters. The third kappa shape index (κ3) is 4.70.